The first kappa shape index (κ1) is 19.4. The van der Waals surface area contributed by atoms with Gasteiger partial charge in [0.2, 0.25) is 11.7 Å². The predicted molar refractivity (Wildman–Crippen MR) is 95.6 cm³/mol. The zero-order valence-electron chi connectivity index (χ0n) is 14.2. The molecule has 7 nitrogen and oxygen atoms in total. The fraction of sp³-hybridized carbons (Fsp3) is 0.111. The van der Waals surface area contributed by atoms with E-state index in [0.29, 0.717) is 5.56 Å². The SMILES string of the molecule is O=C(Cn1nc(-c2ccc(Cl)c(F)c2)nc1C(=O)O)NCc1cccc(F)c1. The quantitative estimate of drug-likeness (QED) is 0.656. The Bertz CT molecular complexity index is 1060. The average Bonchev–Trinajstić information content (AvgIpc) is 3.06. The van der Waals surface area contributed by atoms with Crippen molar-refractivity contribution in [2.45, 2.75) is 13.1 Å². The number of carboxylic acid groups (broad SMARTS) is 1. The first-order chi connectivity index (χ1) is 13.3. The lowest BCUT2D eigenvalue weighted by molar-refractivity contribution is -0.122. The Morgan fingerprint density at radius 2 is 1.96 bits per heavy atom. The Hall–Kier alpha value is -3.33. The van der Waals surface area contributed by atoms with Crippen LogP contribution in [0, 0.1) is 11.6 Å². The summed E-state index contributed by atoms with van der Waals surface area (Å²) in [5, 5.41) is 15.7. The van der Waals surface area contributed by atoms with Crippen molar-refractivity contribution in [2.75, 3.05) is 0 Å². The van der Waals surface area contributed by atoms with Crippen molar-refractivity contribution in [3.05, 3.63) is 70.5 Å². The van der Waals surface area contributed by atoms with Crippen LogP contribution in [0.4, 0.5) is 8.78 Å². The molecule has 3 rings (SSSR count). The highest BCUT2D eigenvalue weighted by atomic mass is 35.5. The van der Waals surface area contributed by atoms with Gasteiger partial charge in [0.25, 0.3) is 0 Å². The van der Waals surface area contributed by atoms with Crippen LogP contribution in [0.5, 0.6) is 0 Å². The van der Waals surface area contributed by atoms with Crippen LogP contribution in [-0.4, -0.2) is 31.7 Å². The Kier molecular flexibility index (Phi) is 5.65. The number of aromatic carboxylic acids is 1. The maximum absolute atomic E-state index is 13.6. The molecule has 10 heteroatoms. The molecule has 0 saturated carbocycles. The number of nitrogens with one attached hydrogen (secondary N) is 1. The van der Waals surface area contributed by atoms with E-state index in [1.807, 2.05) is 0 Å². The van der Waals surface area contributed by atoms with Gasteiger partial charge in [0.1, 0.15) is 18.2 Å². The molecule has 1 aromatic heterocycles. The number of carboxylic acids is 1. The molecule has 144 valence electrons. The third-order valence-corrected chi connectivity index (χ3v) is 4.02. The van der Waals surface area contributed by atoms with Crippen molar-refractivity contribution in [3.63, 3.8) is 0 Å². The highest BCUT2D eigenvalue weighted by Crippen LogP contribution is 2.22. The van der Waals surface area contributed by atoms with Crippen molar-refractivity contribution in [1.29, 1.82) is 0 Å². The molecule has 0 saturated heterocycles. The van der Waals surface area contributed by atoms with Gasteiger partial charge in [-0.25, -0.2) is 23.2 Å². The van der Waals surface area contributed by atoms with Gasteiger partial charge in [-0.2, -0.15) is 0 Å². The molecular formula is C18H13ClF2N4O3. The lowest BCUT2D eigenvalue weighted by Gasteiger charge is -2.06. The fourth-order valence-corrected chi connectivity index (χ4v) is 2.53. The number of rotatable bonds is 6. The maximum atomic E-state index is 13.6. The van der Waals surface area contributed by atoms with Gasteiger partial charge in [0.05, 0.1) is 5.02 Å². The van der Waals surface area contributed by atoms with Crippen LogP contribution >= 0.6 is 11.6 Å². The van der Waals surface area contributed by atoms with Crippen LogP contribution in [0.25, 0.3) is 11.4 Å². The molecule has 0 aliphatic rings. The summed E-state index contributed by atoms with van der Waals surface area (Å²) in [5.74, 6) is -3.63. The molecule has 0 aliphatic heterocycles. The monoisotopic (exact) mass is 406 g/mol. The van der Waals surface area contributed by atoms with E-state index in [2.05, 4.69) is 15.4 Å². The molecule has 0 unspecified atom stereocenters. The number of carbonyl (C=O) groups excluding carboxylic acids is 1. The third-order valence-electron chi connectivity index (χ3n) is 3.71. The van der Waals surface area contributed by atoms with Crippen molar-refractivity contribution in [3.8, 4) is 11.4 Å². The summed E-state index contributed by atoms with van der Waals surface area (Å²) in [5.41, 5.74) is 0.756. The van der Waals surface area contributed by atoms with Gasteiger partial charge in [-0.05, 0) is 35.9 Å². The largest absolute Gasteiger partial charge is 0.475 e. The highest BCUT2D eigenvalue weighted by Gasteiger charge is 2.20. The lowest BCUT2D eigenvalue weighted by Crippen LogP contribution is -2.29. The van der Waals surface area contributed by atoms with Gasteiger partial charge in [0.15, 0.2) is 5.82 Å². The van der Waals surface area contributed by atoms with E-state index in [4.69, 9.17) is 11.6 Å². The van der Waals surface area contributed by atoms with Crippen LogP contribution in [-0.2, 0) is 17.9 Å². The summed E-state index contributed by atoms with van der Waals surface area (Å²) in [6, 6.07) is 9.48. The average molecular weight is 407 g/mol. The topological polar surface area (TPSA) is 97.1 Å². The minimum atomic E-state index is -1.40. The Balaban J connectivity index is 1.77. The van der Waals surface area contributed by atoms with E-state index < -0.39 is 35.9 Å². The molecule has 0 spiro atoms. The zero-order chi connectivity index (χ0) is 20.3. The van der Waals surface area contributed by atoms with Gasteiger partial charge in [-0.15, -0.1) is 5.10 Å². The maximum Gasteiger partial charge on any atom is 0.373 e. The van der Waals surface area contributed by atoms with E-state index in [1.165, 1.54) is 30.3 Å². The number of aromatic nitrogens is 3. The van der Waals surface area contributed by atoms with E-state index >= 15 is 0 Å². The van der Waals surface area contributed by atoms with Gasteiger partial charge in [-0.3, -0.25) is 4.79 Å². The fourth-order valence-electron chi connectivity index (χ4n) is 2.41. The molecule has 0 bridgehead atoms. The summed E-state index contributed by atoms with van der Waals surface area (Å²) in [4.78, 5) is 27.4. The molecule has 1 heterocycles. The summed E-state index contributed by atoms with van der Waals surface area (Å²) in [6.07, 6.45) is 0. The van der Waals surface area contributed by atoms with Crippen LogP contribution in [0.15, 0.2) is 42.5 Å². The molecule has 3 aromatic rings. The zero-order valence-corrected chi connectivity index (χ0v) is 15.0. The van der Waals surface area contributed by atoms with Crippen molar-refractivity contribution < 1.29 is 23.5 Å². The number of benzene rings is 2. The summed E-state index contributed by atoms with van der Waals surface area (Å²) in [6.45, 7) is -0.372. The van der Waals surface area contributed by atoms with Crippen molar-refractivity contribution in [2.24, 2.45) is 0 Å². The number of amides is 1. The second-order valence-electron chi connectivity index (χ2n) is 5.76. The molecule has 1 amide bonds. The van der Waals surface area contributed by atoms with E-state index in [1.54, 1.807) is 6.07 Å². The molecule has 0 atom stereocenters. The standard InChI is InChI=1S/C18H13ClF2N4O3/c19-13-5-4-11(7-14(13)21)16-23-17(18(27)28)25(24-16)9-15(26)22-8-10-2-1-3-12(20)6-10/h1-7H,8-9H2,(H,22,26)(H,27,28). The predicted octanol–water partition coefficient (Wildman–Crippen LogP) is 2.89. The first-order valence-electron chi connectivity index (χ1n) is 7.98. The second kappa shape index (κ2) is 8.13. The molecule has 2 aromatic carbocycles. The Labute approximate surface area is 162 Å². The Morgan fingerprint density at radius 1 is 1.18 bits per heavy atom. The second-order valence-corrected chi connectivity index (χ2v) is 6.16. The van der Waals surface area contributed by atoms with Crippen LogP contribution in [0.2, 0.25) is 5.02 Å². The first-order valence-corrected chi connectivity index (χ1v) is 8.36. The summed E-state index contributed by atoms with van der Waals surface area (Å²) >= 11 is 5.63. The van der Waals surface area contributed by atoms with Crippen molar-refractivity contribution in [1.82, 2.24) is 20.1 Å². The number of hydrogen-bond donors (Lipinski definition) is 2. The molecule has 0 aliphatic carbocycles. The summed E-state index contributed by atoms with van der Waals surface area (Å²) < 4.78 is 27.7. The van der Waals surface area contributed by atoms with Crippen LogP contribution in [0.3, 0.4) is 0 Å². The molecule has 28 heavy (non-hydrogen) atoms. The molecule has 0 fully saturated rings. The van der Waals surface area contributed by atoms with E-state index in [-0.39, 0.29) is 23.0 Å². The number of nitrogens with zero attached hydrogens (tertiary/aromatic N) is 3. The molecule has 0 radical (unpaired) electrons. The van der Waals surface area contributed by atoms with Crippen LogP contribution < -0.4 is 5.32 Å². The lowest BCUT2D eigenvalue weighted by atomic mass is 10.2. The third kappa shape index (κ3) is 4.49. The van der Waals surface area contributed by atoms with Crippen molar-refractivity contribution >= 4 is 23.5 Å². The minimum absolute atomic E-state index is 0.0585. The molecule has 2 N–H and O–H groups in total. The van der Waals surface area contributed by atoms with E-state index in [9.17, 15) is 23.5 Å². The Morgan fingerprint density at radius 3 is 2.64 bits per heavy atom. The smallest absolute Gasteiger partial charge is 0.373 e. The number of halogens is 3. The number of hydrogen-bond acceptors (Lipinski definition) is 4. The number of carbonyl (C=O) groups is 2. The van der Waals surface area contributed by atoms with Gasteiger partial charge in [-0.1, -0.05) is 23.7 Å². The highest BCUT2D eigenvalue weighted by molar-refractivity contribution is 6.30. The van der Waals surface area contributed by atoms with Crippen LogP contribution in [0.1, 0.15) is 16.2 Å². The van der Waals surface area contributed by atoms with Gasteiger partial charge in [0, 0.05) is 12.1 Å². The minimum Gasteiger partial charge on any atom is -0.475 e. The summed E-state index contributed by atoms with van der Waals surface area (Å²) in [7, 11) is 0. The van der Waals surface area contributed by atoms with Gasteiger partial charge >= 0.3 is 5.97 Å². The van der Waals surface area contributed by atoms with E-state index in [0.717, 1.165) is 10.7 Å². The molecular weight excluding hydrogens is 394 g/mol. The normalized spacial score (nSPS) is 10.7. The van der Waals surface area contributed by atoms with Gasteiger partial charge < -0.3 is 10.4 Å².